The first-order valence-corrected chi connectivity index (χ1v) is 8.11. The maximum Gasteiger partial charge on any atom is 0.240 e. The van der Waals surface area contributed by atoms with Gasteiger partial charge in [-0.15, -0.1) is 0 Å². The molecule has 0 spiro atoms. The van der Waals surface area contributed by atoms with Gasteiger partial charge in [0.2, 0.25) is 11.8 Å². The Morgan fingerprint density at radius 1 is 0.864 bits per heavy atom. The fraction of sp³-hybridized carbons (Fsp3) is 0.625. The lowest BCUT2D eigenvalue weighted by molar-refractivity contribution is -0.124. The number of hydrogen-bond donors (Lipinski definition) is 2. The molecule has 2 fully saturated rings. The van der Waals surface area contributed by atoms with Crippen molar-refractivity contribution in [1.82, 2.24) is 20.1 Å². The van der Waals surface area contributed by atoms with Crippen molar-refractivity contribution in [3.63, 3.8) is 0 Å². The molecule has 0 atom stereocenters. The van der Waals surface area contributed by atoms with Crippen LogP contribution in [0, 0.1) is 0 Å². The van der Waals surface area contributed by atoms with Crippen molar-refractivity contribution in [2.45, 2.75) is 44.3 Å². The standard InChI is InChI=1S/C16H24N4O2/c21-15(11-19-7-1-2-8-19)18-14-5-9-20(10-6-14)12-16(22)17-13-3-4-13/h1-2,7-8,13-14H,3-6,9-12H2,(H,17,22)(H,18,21). The Morgan fingerprint density at radius 3 is 2.00 bits per heavy atom. The third-order valence-electron chi connectivity index (χ3n) is 4.25. The Hall–Kier alpha value is -1.82. The molecule has 0 bridgehead atoms. The first-order chi connectivity index (χ1) is 10.7. The summed E-state index contributed by atoms with van der Waals surface area (Å²) in [5, 5.41) is 6.10. The first-order valence-electron chi connectivity index (χ1n) is 8.11. The zero-order chi connectivity index (χ0) is 15.4. The molecule has 120 valence electrons. The summed E-state index contributed by atoms with van der Waals surface area (Å²) in [7, 11) is 0. The predicted octanol–water partition coefficient (Wildman–Crippen LogP) is 0.347. The van der Waals surface area contributed by atoms with Gasteiger partial charge in [-0.25, -0.2) is 0 Å². The number of nitrogens with one attached hydrogen (secondary N) is 2. The van der Waals surface area contributed by atoms with Crippen LogP contribution in [0.15, 0.2) is 24.5 Å². The van der Waals surface area contributed by atoms with Crippen LogP contribution in [-0.4, -0.2) is 53.0 Å². The molecule has 1 saturated heterocycles. The summed E-state index contributed by atoms with van der Waals surface area (Å²) in [4.78, 5) is 25.9. The van der Waals surface area contributed by atoms with Gasteiger partial charge < -0.3 is 15.2 Å². The molecule has 1 saturated carbocycles. The summed E-state index contributed by atoms with van der Waals surface area (Å²) in [6.45, 7) is 2.59. The van der Waals surface area contributed by atoms with E-state index < -0.39 is 0 Å². The molecular weight excluding hydrogens is 280 g/mol. The number of aromatic nitrogens is 1. The third kappa shape index (κ3) is 4.59. The van der Waals surface area contributed by atoms with Gasteiger partial charge in [0, 0.05) is 37.6 Å². The van der Waals surface area contributed by atoms with Gasteiger partial charge >= 0.3 is 0 Å². The molecule has 0 radical (unpaired) electrons. The smallest absolute Gasteiger partial charge is 0.240 e. The second-order valence-electron chi connectivity index (χ2n) is 6.32. The Bertz CT molecular complexity index is 502. The monoisotopic (exact) mass is 304 g/mol. The molecule has 1 aliphatic heterocycles. The fourth-order valence-corrected chi connectivity index (χ4v) is 2.85. The zero-order valence-electron chi connectivity index (χ0n) is 12.8. The SMILES string of the molecule is O=C(CN1CCC(NC(=O)Cn2cccc2)CC1)NC1CC1. The average Bonchev–Trinajstić information content (AvgIpc) is 3.14. The molecule has 2 N–H and O–H groups in total. The molecule has 22 heavy (non-hydrogen) atoms. The lowest BCUT2D eigenvalue weighted by Gasteiger charge is -2.31. The molecule has 2 amide bonds. The highest BCUT2D eigenvalue weighted by Crippen LogP contribution is 2.18. The van der Waals surface area contributed by atoms with Crippen molar-refractivity contribution >= 4 is 11.8 Å². The average molecular weight is 304 g/mol. The number of piperidine rings is 1. The summed E-state index contributed by atoms with van der Waals surface area (Å²) in [5.41, 5.74) is 0. The number of likely N-dealkylation sites (tertiary alicyclic amines) is 1. The Morgan fingerprint density at radius 2 is 1.41 bits per heavy atom. The van der Waals surface area contributed by atoms with Crippen LogP contribution in [0.1, 0.15) is 25.7 Å². The quantitative estimate of drug-likeness (QED) is 0.797. The summed E-state index contributed by atoms with van der Waals surface area (Å²) in [6.07, 6.45) is 7.85. The van der Waals surface area contributed by atoms with Crippen LogP contribution < -0.4 is 10.6 Å². The van der Waals surface area contributed by atoms with Gasteiger partial charge in [-0.1, -0.05) is 0 Å². The molecular formula is C16H24N4O2. The highest BCUT2D eigenvalue weighted by molar-refractivity contribution is 5.78. The van der Waals surface area contributed by atoms with E-state index in [2.05, 4.69) is 15.5 Å². The molecule has 0 aromatic carbocycles. The van der Waals surface area contributed by atoms with Crippen LogP contribution in [0.5, 0.6) is 0 Å². The van der Waals surface area contributed by atoms with Gasteiger partial charge in [-0.05, 0) is 37.8 Å². The van der Waals surface area contributed by atoms with Gasteiger partial charge in [0.25, 0.3) is 0 Å². The van der Waals surface area contributed by atoms with Crippen molar-refractivity contribution < 1.29 is 9.59 Å². The van der Waals surface area contributed by atoms with Crippen molar-refractivity contribution in [1.29, 1.82) is 0 Å². The maximum absolute atomic E-state index is 12.0. The van der Waals surface area contributed by atoms with Crippen molar-refractivity contribution in [3.8, 4) is 0 Å². The number of amides is 2. The first kappa shape index (κ1) is 15.1. The number of rotatable bonds is 6. The molecule has 1 aromatic rings. The van der Waals surface area contributed by atoms with Crippen molar-refractivity contribution in [3.05, 3.63) is 24.5 Å². The fourth-order valence-electron chi connectivity index (χ4n) is 2.85. The van der Waals surface area contributed by atoms with Gasteiger partial charge in [0.15, 0.2) is 0 Å². The molecule has 2 aliphatic rings. The van der Waals surface area contributed by atoms with Crippen LogP contribution in [0.25, 0.3) is 0 Å². The number of hydrogen-bond acceptors (Lipinski definition) is 3. The summed E-state index contributed by atoms with van der Waals surface area (Å²) < 4.78 is 1.87. The van der Waals surface area contributed by atoms with Crippen LogP contribution >= 0.6 is 0 Å². The Labute approximate surface area is 130 Å². The largest absolute Gasteiger partial charge is 0.352 e. The minimum Gasteiger partial charge on any atom is -0.352 e. The van der Waals surface area contributed by atoms with Gasteiger partial charge in [-0.2, -0.15) is 0 Å². The molecule has 0 unspecified atom stereocenters. The van der Waals surface area contributed by atoms with Gasteiger partial charge in [0.05, 0.1) is 6.54 Å². The van der Waals surface area contributed by atoms with E-state index in [4.69, 9.17) is 0 Å². The topological polar surface area (TPSA) is 66.4 Å². The number of carbonyl (C=O) groups is 2. The molecule has 6 nitrogen and oxygen atoms in total. The van der Waals surface area contributed by atoms with Gasteiger partial charge in [-0.3, -0.25) is 14.5 Å². The van der Waals surface area contributed by atoms with Crippen LogP contribution in [-0.2, 0) is 16.1 Å². The maximum atomic E-state index is 12.0. The highest BCUT2D eigenvalue weighted by atomic mass is 16.2. The highest BCUT2D eigenvalue weighted by Gasteiger charge is 2.26. The minimum atomic E-state index is 0.0566. The molecule has 1 aromatic heterocycles. The Balaban J connectivity index is 1.34. The van der Waals surface area contributed by atoms with E-state index in [1.165, 1.54) is 0 Å². The van der Waals surface area contributed by atoms with E-state index in [-0.39, 0.29) is 17.9 Å². The van der Waals surface area contributed by atoms with Crippen LogP contribution in [0.3, 0.4) is 0 Å². The van der Waals surface area contributed by atoms with E-state index >= 15 is 0 Å². The van der Waals surface area contributed by atoms with E-state index in [0.29, 0.717) is 19.1 Å². The zero-order valence-corrected chi connectivity index (χ0v) is 12.8. The lowest BCUT2D eigenvalue weighted by atomic mass is 10.0. The predicted molar refractivity (Wildman–Crippen MR) is 83.2 cm³/mol. The second kappa shape index (κ2) is 6.96. The summed E-state index contributed by atoms with van der Waals surface area (Å²) >= 11 is 0. The Kier molecular flexibility index (Phi) is 4.77. The molecule has 2 heterocycles. The molecule has 1 aliphatic carbocycles. The summed E-state index contributed by atoms with van der Waals surface area (Å²) in [6, 6.07) is 4.49. The number of carbonyl (C=O) groups excluding carboxylic acids is 2. The minimum absolute atomic E-state index is 0.0566. The van der Waals surface area contributed by atoms with E-state index in [1.54, 1.807) is 0 Å². The van der Waals surface area contributed by atoms with E-state index in [1.807, 2.05) is 29.1 Å². The molecule has 3 rings (SSSR count). The van der Waals surface area contributed by atoms with Crippen molar-refractivity contribution in [2.24, 2.45) is 0 Å². The van der Waals surface area contributed by atoms with Crippen LogP contribution in [0.4, 0.5) is 0 Å². The van der Waals surface area contributed by atoms with E-state index in [0.717, 1.165) is 38.8 Å². The third-order valence-corrected chi connectivity index (χ3v) is 4.25. The number of nitrogens with zero attached hydrogens (tertiary/aromatic N) is 2. The normalized spacial score (nSPS) is 19.8. The lowest BCUT2D eigenvalue weighted by Crippen LogP contribution is -2.48. The second-order valence-corrected chi connectivity index (χ2v) is 6.32. The van der Waals surface area contributed by atoms with Crippen LogP contribution in [0.2, 0.25) is 0 Å². The van der Waals surface area contributed by atoms with Crippen molar-refractivity contribution in [2.75, 3.05) is 19.6 Å². The van der Waals surface area contributed by atoms with Gasteiger partial charge in [0.1, 0.15) is 6.54 Å². The van der Waals surface area contributed by atoms with E-state index in [9.17, 15) is 9.59 Å². The summed E-state index contributed by atoms with van der Waals surface area (Å²) in [5.74, 6) is 0.193. The molecule has 6 heteroatoms.